The number of rotatable bonds is 5. The minimum Gasteiger partial charge on any atom is -0.302 e. The van der Waals surface area contributed by atoms with E-state index in [1.165, 1.54) is 43.7 Å². The van der Waals surface area contributed by atoms with Crippen LogP contribution in [0.3, 0.4) is 0 Å². The van der Waals surface area contributed by atoms with Crippen LogP contribution in [-0.2, 0) is 9.59 Å². The van der Waals surface area contributed by atoms with Crippen LogP contribution in [0.15, 0.2) is 29.3 Å². The molecular formula is C18H21FN4O3. The zero-order chi connectivity index (χ0) is 18.5. The van der Waals surface area contributed by atoms with E-state index in [4.69, 9.17) is 0 Å². The molecule has 2 aliphatic rings. The van der Waals surface area contributed by atoms with Gasteiger partial charge in [-0.3, -0.25) is 19.9 Å². The zero-order valence-corrected chi connectivity index (χ0v) is 14.4. The number of benzene rings is 1. The normalized spacial score (nSPS) is 22.1. The predicted octanol–water partition coefficient (Wildman–Crippen LogP) is 1.58. The van der Waals surface area contributed by atoms with Gasteiger partial charge in [0.15, 0.2) is 5.92 Å². The van der Waals surface area contributed by atoms with Crippen molar-refractivity contribution >= 4 is 29.7 Å². The number of imide groups is 2. The number of urea groups is 1. The summed E-state index contributed by atoms with van der Waals surface area (Å²) in [5.41, 5.74) is -0.186. The van der Waals surface area contributed by atoms with Crippen molar-refractivity contribution in [2.45, 2.75) is 19.3 Å². The van der Waals surface area contributed by atoms with E-state index in [9.17, 15) is 18.8 Å². The summed E-state index contributed by atoms with van der Waals surface area (Å²) in [4.78, 5) is 43.7. The lowest BCUT2D eigenvalue weighted by Gasteiger charge is -2.28. The van der Waals surface area contributed by atoms with Crippen molar-refractivity contribution in [3.05, 3.63) is 30.1 Å². The van der Waals surface area contributed by atoms with Gasteiger partial charge in [0, 0.05) is 12.8 Å². The first-order chi connectivity index (χ1) is 12.6. The number of piperidine rings is 1. The molecule has 0 spiro atoms. The summed E-state index contributed by atoms with van der Waals surface area (Å²) in [5.74, 6) is -3.50. The molecule has 1 N–H and O–H groups in total. The van der Waals surface area contributed by atoms with Gasteiger partial charge in [0.05, 0.1) is 12.2 Å². The first kappa shape index (κ1) is 18.2. The van der Waals surface area contributed by atoms with E-state index in [0.717, 1.165) is 25.7 Å². The molecule has 3 rings (SSSR count). The number of amides is 4. The molecule has 0 radical (unpaired) electrons. The monoisotopic (exact) mass is 360 g/mol. The second kappa shape index (κ2) is 8.18. The number of likely N-dealkylation sites (tertiary alicyclic amines) is 1. The third kappa shape index (κ3) is 3.96. The molecule has 2 heterocycles. The van der Waals surface area contributed by atoms with E-state index < -0.39 is 29.6 Å². The predicted molar refractivity (Wildman–Crippen MR) is 94.6 cm³/mol. The van der Waals surface area contributed by atoms with Crippen molar-refractivity contribution in [2.75, 3.05) is 31.1 Å². The Kier molecular flexibility index (Phi) is 5.72. The van der Waals surface area contributed by atoms with Crippen molar-refractivity contribution in [1.82, 2.24) is 10.2 Å². The Hall–Kier alpha value is -2.61. The van der Waals surface area contributed by atoms with Gasteiger partial charge >= 0.3 is 6.03 Å². The van der Waals surface area contributed by atoms with Crippen molar-refractivity contribution in [3.8, 4) is 0 Å². The molecule has 0 bridgehead atoms. The van der Waals surface area contributed by atoms with Crippen LogP contribution in [0.1, 0.15) is 19.3 Å². The molecule has 1 aromatic carbocycles. The molecule has 2 saturated heterocycles. The maximum absolute atomic E-state index is 14.0. The van der Waals surface area contributed by atoms with Crippen molar-refractivity contribution in [1.29, 1.82) is 0 Å². The standard InChI is InChI=1S/C18H21FN4O3/c19-14-6-2-3-7-15(14)23-17(25)13(16(24)21-18(23)26)12-20-8-11-22-9-4-1-5-10-22/h2-3,6-7,12-13H,1,4-5,8-11H2,(H,21,24,26)/t13-/m0/s1. The lowest BCUT2D eigenvalue weighted by molar-refractivity contribution is -0.131. The Morgan fingerprint density at radius 1 is 1.15 bits per heavy atom. The second-order valence-electron chi connectivity index (χ2n) is 6.35. The zero-order valence-electron chi connectivity index (χ0n) is 14.4. The number of hydrogen-bond donors (Lipinski definition) is 1. The van der Waals surface area contributed by atoms with Crippen LogP contribution in [0.25, 0.3) is 0 Å². The molecule has 1 atom stereocenters. The van der Waals surface area contributed by atoms with E-state index >= 15 is 0 Å². The minimum absolute atomic E-state index is 0.186. The molecule has 0 aliphatic carbocycles. The van der Waals surface area contributed by atoms with E-state index in [0.29, 0.717) is 11.4 Å². The van der Waals surface area contributed by atoms with Gasteiger partial charge in [0.25, 0.3) is 5.91 Å². The SMILES string of the molecule is O=C1NC(=O)N(c2ccccc2F)C(=O)[C@H]1C=NCCN1CCCCC1. The number of barbiturate groups is 1. The van der Waals surface area contributed by atoms with Gasteiger partial charge in [-0.1, -0.05) is 18.6 Å². The Labute approximate surface area is 150 Å². The lowest BCUT2D eigenvalue weighted by Crippen LogP contribution is -2.59. The van der Waals surface area contributed by atoms with Gasteiger partial charge in [-0.05, 0) is 38.1 Å². The van der Waals surface area contributed by atoms with Gasteiger partial charge in [-0.2, -0.15) is 0 Å². The molecule has 0 aromatic heterocycles. The van der Waals surface area contributed by atoms with Gasteiger partial charge in [0.1, 0.15) is 5.82 Å². The Morgan fingerprint density at radius 2 is 1.88 bits per heavy atom. The van der Waals surface area contributed by atoms with E-state index in [2.05, 4.69) is 15.2 Å². The highest BCUT2D eigenvalue weighted by Crippen LogP contribution is 2.23. The second-order valence-corrected chi connectivity index (χ2v) is 6.35. The van der Waals surface area contributed by atoms with Crippen LogP contribution in [-0.4, -0.2) is 55.1 Å². The molecule has 8 heteroatoms. The summed E-state index contributed by atoms with van der Waals surface area (Å²) in [6, 6.07) is 4.47. The summed E-state index contributed by atoms with van der Waals surface area (Å²) in [5, 5.41) is 2.08. The molecule has 1 aromatic rings. The van der Waals surface area contributed by atoms with Crippen LogP contribution in [0.5, 0.6) is 0 Å². The third-order valence-corrected chi connectivity index (χ3v) is 4.54. The Balaban J connectivity index is 1.67. The van der Waals surface area contributed by atoms with Crippen LogP contribution in [0, 0.1) is 11.7 Å². The maximum atomic E-state index is 14.0. The number of halogens is 1. The number of nitrogens with zero attached hydrogens (tertiary/aromatic N) is 3. The summed E-state index contributed by atoms with van der Waals surface area (Å²) >= 11 is 0. The van der Waals surface area contributed by atoms with E-state index in [1.54, 1.807) is 0 Å². The minimum atomic E-state index is -1.24. The molecule has 2 aliphatic heterocycles. The summed E-state index contributed by atoms with van der Waals surface area (Å²) < 4.78 is 14.0. The number of para-hydroxylation sites is 1. The third-order valence-electron chi connectivity index (χ3n) is 4.54. The molecule has 26 heavy (non-hydrogen) atoms. The quantitative estimate of drug-likeness (QED) is 0.638. The maximum Gasteiger partial charge on any atom is 0.335 e. The number of aliphatic imine (C=N–C) groups is 1. The summed E-state index contributed by atoms with van der Waals surface area (Å²) in [7, 11) is 0. The number of carbonyl (C=O) groups is 3. The summed E-state index contributed by atoms with van der Waals surface area (Å²) in [6.07, 6.45) is 4.85. The first-order valence-corrected chi connectivity index (χ1v) is 8.73. The molecule has 0 saturated carbocycles. The van der Waals surface area contributed by atoms with Gasteiger partial charge < -0.3 is 4.90 Å². The van der Waals surface area contributed by atoms with E-state index in [1.807, 2.05) is 0 Å². The topological polar surface area (TPSA) is 82.1 Å². The van der Waals surface area contributed by atoms with E-state index in [-0.39, 0.29) is 5.69 Å². The molecule has 0 unspecified atom stereocenters. The highest BCUT2D eigenvalue weighted by molar-refractivity contribution is 6.32. The average Bonchev–Trinajstić information content (AvgIpc) is 2.63. The molecule has 7 nitrogen and oxygen atoms in total. The first-order valence-electron chi connectivity index (χ1n) is 8.73. The number of anilines is 1. The molecule has 138 valence electrons. The number of carbonyl (C=O) groups excluding carboxylic acids is 3. The average molecular weight is 360 g/mol. The van der Waals surface area contributed by atoms with Crippen LogP contribution < -0.4 is 10.2 Å². The summed E-state index contributed by atoms with van der Waals surface area (Å²) in [6.45, 7) is 3.29. The van der Waals surface area contributed by atoms with Gasteiger partial charge in [0.2, 0.25) is 5.91 Å². The Bertz CT molecular complexity index is 731. The smallest absolute Gasteiger partial charge is 0.302 e. The number of hydrogen-bond acceptors (Lipinski definition) is 5. The van der Waals surface area contributed by atoms with Gasteiger partial charge in [-0.15, -0.1) is 0 Å². The number of nitrogens with one attached hydrogen (secondary N) is 1. The fourth-order valence-corrected chi connectivity index (χ4v) is 3.15. The van der Waals surface area contributed by atoms with Crippen molar-refractivity contribution in [2.24, 2.45) is 10.9 Å². The molecule has 2 fully saturated rings. The highest BCUT2D eigenvalue weighted by atomic mass is 19.1. The lowest BCUT2D eigenvalue weighted by atomic mass is 10.1. The molecule has 4 amide bonds. The van der Waals surface area contributed by atoms with Crippen LogP contribution in [0.4, 0.5) is 14.9 Å². The largest absolute Gasteiger partial charge is 0.335 e. The van der Waals surface area contributed by atoms with Crippen LogP contribution in [0.2, 0.25) is 0 Å². The fraction of sp³-hybridized carbons (Fsp3) is 0.444. The fourth-order valence-electron chi connectivity index (χ4n) is 3.15. The van der Waals surface area contributed by atoms with Crippen LogP contribution >= 0.6 is 0 Å². The van der Waals surface area contributed by atoms with Crippen molar-refractivity contribution in [3.63, 3.8) is 0 Å². The highest BCUT2D eigenvalue weighted by Gasteiger charge is 2.41. The Morgan fingerprint density at radius 3 is 2.62 bits per heavy atom. The molecular weight excluding hydrogens is 339 g/mol. The van der Waals surface area contributed by atoms with Crippen molar-refractivity contribution < 1.29 is 18.8 Å². The van der Waals surface area contributed by atoms with Gasteiger partial charge in [-0.25, -0.2) is 14.1 Å².